The fraction of sp³-hybridized carbons (Fsp3) is 0. The number of carbonyl (C=O) groups excluding carboxylic acids is 1. The van der Waals surface area contributed by atoms with Crippen LogP contribution in [0.25, 0.3) is 11.6 Å². The van der Waals surface area contributed by atoms with Gasteiger partial charge in [0.25, 0.3) is 5.91 Å². The SMILES string of the molecule is O=C(Nc1ccc(Oc2cc(-c3ncco3)ncn2)cc1)c1ccc(F)cc1. The predicted octanol–water partition coefficient (Wildman–Crippen LogP) is 4.32. The van der Waals surface area contributed by atoms with Gasteiger partial charge in [-0.1, -0.05) is 0 Å². The Bertz CT molecular complexity index is 1080. The Kier molecular flexibility index (Phi) is 4.75. The van der Waals surface area contributed by atoms with Crippen molar-refractivity contribution in [3.63, 3.8) is 0 Å². The van der Waals surface area contributed by atoms with Gasteiger partial charge in [0.05, 0.1) is 6.20 Å². The normalized spacial score (nSPS) is 10.5. The van der Waals surface area contributed by atoms with Gasteiger partial charge in [0.1, 0.15) is 29.9 Å². The number of halogens is 1. The van der Waals surface area contributed by atoms with Crippen molar-refractivity contribution in [2.75, 3.05) is 5.32 Å². The highest BCUT2D eigenvalue weighted by atomic mass is 19.1. The second-order valence-electron chi connectivity index (χ2n) is 5.67. The van der Waals surface area contributed by atoms with Gasteiger partial charge in [-0.2, -0.15) is 0 Å². The van der Waals surface area contributed by atoms with Crippen molar-refractivity contribution in [1.29, 1.82) is 0 Å². The molecule has 0 atom stereocenters. The fourth-order valence-corrected chi connectivity index (χ4v) is 2.39. The summed E-state index contributed by atoms with van der Waals surface area (Å²) in [6.45, 7) is 0. The summed E-state index contributed by atoms with van der Waals surface area (Å²) in [5, 5.41) is 2.73. The average molecular weight is 376 g/mol. The van der Waals surface area contributed by atoms with E-state index in [1.165, 1.54) is 43.1 Å². The number of hydrogen-bond acceptors (Lipinski definition) is 6. The lowest BCUT2D eigenvalue weighted by Crippen LogP contribution is -2.11. The summed E-state index contributed by atoms with van der Waals surface area (Å²) in [4.78, 5) is 24.3. The molecule has 0 radical (unpaired) electrons. The smallest absolute Gasteiger partial charge is 0.255 e. The average Bonchev–Trinajstić information content (AvgIpc) is 3.25. The van der Waals surface area contributed by atoms with Crippen molar-refractivity contribution >= 4 is 11.6 Å². The minimum absolute atomic E-state index is 0.325. The van der Waals surface area contributed by atoms with Gasteiger partial charge in [0.2, 0.25) is 11.8 Å². The molecule has 1 amide bonds. The number of carbonyl (C=O) groups is 1. The summed E-state index contributed by atoms with van der Waals surface area (Å²) >= 11 is 0. The van der Waals surface area contributed by atoms with Crippen LogP contribution in [0.4, 0.5) is 10.1 Å². The summed E-state index contributed by atoms with van der Waals surface area (Å²) in [7, 11) is 0. The topological polar surface area (TPSA) is 90.1 Å². The van der Waals surface area contributed by atoms with Crippen LogP contribution in [0.3, 0.4) is 0 Å². The first-order chi connectivity index (χ1) is 13.7. The third-order valence-corrected chi connectivity index (χ3v) is 3.73. The molecular formula is C20H13FN4O3. The highest BCUT2D eigenvalue weighted by molar-refractivity contribution is 6.04. The molecule has 2 aromatic carbocycles. The monoisotopic (exact) mass is 376 g/mol. The van der Waals surface area contributed by atoms with Crippen molar-refractivity contribution in [1.82, 2.24) is 15.0 Å². The Hall–Kier alpha value is -4.07. The van der Waals surface area contributed by atoms with Gasteiger partial charge in [-0.15, -0.1) is 0 Å². The van der Waals surface area contributed by atoms with E-state index in [4.69, 9.17) is 9.15 Å². The molecule has 0 aliphatic heterocycles. The zero-order chi connectivity index (χ0) is 19.3. The minimum atomic E-state index is -0.395. The van der Waals surface area contributed by atoms with Crippen molar-refractivity contribution in [2.24, 2.45) is 0 Å². The van der Waals surface area contributed by atoms with Crippen LogP contribution in [0.2, 0.25) is 0 Å². The van der Waals surface area contributed by atoms with Gasteiger partial charge in [0, 0.05) is 17.3 Å². The maximum atomic E-state index is 12.9. The van der Waals surface area contributed by atoms with E-state index in [-0.39, 0.29) is 5.91 Å². The largest absolute Gasteiger partial charge is 0.443 e. The Labute approximate surface area is 158 Å². The number of ether oxygens (including phenoxy) is 1. The summed E-state index contributed by atoms with van der Waals surface area (Å²) in [5.74, 6) is 0.489. The van der Waals surface area contributed by atoms with E-state index >= 15 is 0 Å². The van der Waals surface area contributed by atoms with Crippen LogP contribution in [-0.4, -0.2) is 20.9 Å². The Balaban J connectivity index is 1.43. The quantitative estimate of drug-likeness (QED) is 0.558. The molecule has 4 rings (SSSR count). The van der Waals surface area contributed by atoms with Crippen molar-refractivity contribution in [2.45, 2.75) is 0 Å². The number of aromatic nitrogens is 3. The standard InChI is InChI=1S/C20H13FN4O3/c21-14-3-1-13(2-4-14)19(26)25-15-5-7-16(8-6-15)28-18-11-17(23-12-24-18)20-22-9-10-27-20/h1-12H,(H,25,26). The second-order valence-corrected chi connectivity index (χ2v) is 5.67. The number of anilines is 1. The van der Waals surface area contributed by atoms with Gasteiger partial charge >= 0.3 is 0 Å². The Morgan fingerprint density at radius 3 is 2.50 bits per heavy atom. The zero-order valence-corrected chi connectivity index (χ0v) is 14.4. The number of oxazole rings is 1. The van der Waals surface area contributed by atoms with E-state index in [2.05, 4.69) is 20.3 Å². The van der Waals surface area contributed by atoms with E-state index in [9.17, 15) is 9.18 Å². The lowest BCUT2D eigenvalue weighted by molar-refractivity contribution is 0.102. The molecule has 0 saturated carbocycles. The summed E-state index contributed by atoms with van der Waals surface area (Å²) in [5.41, 5.74) is 1.43. The van der Waals surface area contributed by atoms with Gasteiger partial charge < -0.3 is 14.5 Å². The van der Waals surface area contributed by atoms with Crippen LogP contribution < -0.4 is 10.1 Å². The predicted molar refractivity (Wildman–Crippen MR) is 98.4 cm³/mol. The summed E-state index contributed by atoms with van der Waals surface area (Å²) in [6.07, 6.45) is 4.33. The molecule has 138 valence electrons. The Morgan fingerprint density at radius 2 is 1.79 bits per heavy atom. The molecular weight excluding hydrogens is 363 g/mol. The second kappa shape index (κ2) is 7.67. The number of amides is 1. The van der Waals surface area contributed by atoms with E-state index in [1.807, 2.05) is 0 Å². The number of benzene rings is 2. The van der Waals surface area contributed by atoms with E-state index in [0.717, 1.165) is 0 Å². The first kappa shape index (κ1) is 17.3. The number of nitrogens with one attached hydrogen (secondary N) is 1. The zero-order valence-electron chi connectivity index (χ0n) is 14.4. The number of rotatable bonds is 5. The highest BCUT2D eigenvalue weighted by Gasteiger charge is 2.09. The van der Waals surface area contributed by atoms with Crippen molar-refractivity contribution < 1.29 is 18.3 Å². The molecule has 0 fully saturated rings. The number of hydrogen-bond donors (Lipinski definition) is 1. The molecule has 0 saturated heterocycles. The third kappa shape index (κ3) is 4.01. The molecule has 4 aromatic rings. The maximum absolute atomic E-state index is 12.9. The van der Waals surface area contributed by atoms with E-state index < -0.39 is 5.82 Å². The summed E-state index contributed by atoms with van der Waals surface area (Å²) < 4.78 is 23.8. The van der Waals surface area contributed by atoms with Crippen LogP contribution in [0.5, 0.6) is 11.6 Å². The van der Waals surface area contributed by atoms with Crippen LogP contribution in [-0.2, 0) is 0 Å². The van der Waals surface area contributed by atoms with Crippen LogP contribution in [0, 0.1) is 5.82 Å². The molecule has 0 bridgehead atoms. The lowest BCUT2D eigenvalue weighted by Gasteiger charge is -2.08. The van der Waals surface area contributed by atoms with Crippen molar-refractivity contribution in [3.05, 3.63) is 84.8 Å². The van der Waals surface area contributed by atoms with Crippen LogP contribution >= 0.6 is 0 Å². The summed E-state index contributed by atoms with van der Waals surface area (Å²) in [6, 6.07) is 13.7. The maximum Gasteiger partial charge on any atom is 0.255 e. The highest BCUT2D eigenvalue weighted by Crippen LogP contribution is 2.24. The van der Waals surface area contributed by atoms with Gasteiger partial charge in [-0.3, -0.25) is 4.79 Å². The molecule has 0 spiro atoms. The third-order valence-electron chi connectivity index (χ3n) is 3.73. The molecule has 1 N–H and O–H groups in total. The Morgan fingerprint density at radius 1 is 1.00 bits per heavy atom. The minimum Gasteiger partial charge on any atom is -0.443 e. The first-order valence-electron chi connectivity index (χ1n) is 8.24. The molecule has 2 heterocycles. The lowest BCUT2D eigenvalue weighted by atomic mass is 10.2. The molecule has 28 heavy (non-hydrogen) atoms. The molecule has 0 unspecified atom stereocenters. The first-order valence-corrected chi connectivity index (χ1v) is 8.24. The molecule has 2 aromatic heterocycles. The van der Waals surface area contributed by atoms with Gasteiger partial charge in [-0.25, -0.2) is 19.3 Å². The van der Waals surface area contributed by atoms with Crippen LogP contribution in [0.15, 0.2) is 77.8 Å². The number of nitrogens with zero attached hydrogens (tertiary/aromatic N) is 3. The van der Waals surface area contributed by atoms with Crippen molar-refractivity contribution in [3.8, 4) is 23.2 Å². The van der Waals surface area contributed by atoms with Crippen LogP contribution in [0.1, 0.15) is 10.4 Å². The molecule has 8 heteroatoms. The van der Waals surface area contributed by atoms with E-state index in [0.29, 0.717) is 34.5 Å². The molecule has 0 aliphatic carbocycles. The fourth-order valence-electron chi connectivity index (χ4n) is 2.39. The van der Waals surface area contributed by atoms with E-state index in [1.54, 1.807) is 30.3 Å². The van der Waals surface area contributed by atoms with Gasteiger partial charge in [-0.05, 0) is 48.5 Å². The molecule has 7 nitrogen and oxygen atoms in total. The molecule has 0 aliphatic rings. The van der Waals surface area contributed by atoms with Gasteiger partial charge in [0.15, 0.2) is 0 Å².